The highest BCUT2D eigenvalue weighted by Crippen LogP contribution is 2.19. The van der Waals surface area contributed by atoms with Gasteiger partial charge < -0.3 is 24.3 Å². The lowest BCUT2D eigenvalue weighted by molar-refractivity contribution is -0.157. The summed E-state index contributed by atoms with van der Waals surface area (Å²) in [5.41, 5.74) is -1.49. The summed E-state index contributed by atoms with van der Waals surface area (Å²) in [5.74, 6) is -0.344. The number of hydrogen-bond donors (Lipinski definition) is 1. The van der Waals surface area contributed by atoms with Crippen molar-refractivity contribution in [3.8, 4) is 5.75 Å². The summed E-state index contributed by atoms with van der Waals surface area (Å²) in [6, 6.07) is 5.62. The van der Waals surface area contributed by atoms with Crippen molar-refractivity contribution in [2.45, 2.75) is 91.6 Å². The Kier molecular flexibility index (Phi) is 8.49. The summed E-state index contributed by atoms with van der Waals surface area (Å²) < 4.78 is 21.1. The van der Waals surface area contributed by atoms with Crippen molar-refractivity contribution in [2.75, 3.05) is 0 Å². The number of rotatable bonds is 5. The fourth-order valence-corrected chi connectivity index (χ4v) is 2.35. The first kappa shape index (κ1) is 26.3. The van der Waals surface area contributed by atoms with E-state index in [9.17, 15) is 14.4 Å². The predicted molar refractivity (Wildman–Crippen MR) is 116 cm³/mol. The molecule has 174 valence electrons. The first-order valence-electron chi connectivity index (χ1n) is 10.2. The minimum Gasteiger partial charge on any atom is -0.458 e. The van der Waals surface area contributed by atoms with E-state index in [4.69, 9.17) is 18.9 Å². The van der Waals surface area contributed by atoms with Crippen molar-refractivity contribution in [3.05, 3.63) is 29.8 Å². The quantitative estimate of drug-likeness (QED) is 0.402. The molecule has 0 heterocycles. The lowest BCUT2D eigenvalue weighted by atomic mass is 10.1. The first-order chi connectivity index (χ1) is 13.9. The maximum Gasteiger partial charge on any atom is 0.514 e. The summed E-state index contributed by atoms with van der Waals surface area (Å²) in [6.45, 7) is 15.6. The number of amides is 1. The van der Waals surface area contributed by atoms with Crippen LogP contribution in [0.3, 0.4) is 0 Å². The maximum atomic E-state index is 12.7. The van der Waals surface area contributed by atoms with Crippen molar-refractivity contribution in [2.24, 2.45) is 0 Å². The highest BCUT2D eigenvalue weighted by molar-refractivity contribution is 5.82. The maximum absolute atomic E-state index is 12.7. The Morgan fingerprint density at radius 3 is 1.90 bits per heavy atom. The van der Waals surface area contributed by atoms with Crippen molar-refractivity contribution in [1.82, 2.24) is 5.32 Å². The third kappa shape index (κ3) is 11.9. The second-order valence-corrected chi connectivity index (χ2v) is 10.2. The Morgan fingerprint density at radius 2 is 1.39 bits per heavy atom. The normalized spacial score (nSPS) is 13.1. The molecule has 1 rings (SSSR count). The Hall–Kier alpha value is -2.77. The Balaban J connectivity index is 2.98. The fraction of sp³-hybridized carbons (Fsp3) is 0.609. The van der Waals surface area contributed by atoms with Crippen LogP contribution in [0, 0.1) is 0 Å². The summed E-state index contributed by atoms with van der Waals surface area (Å²) in [6.07, 6.45) is -1.45. The molecule has 0 radical (unpaired) electrons. The highest BCUT2D eigenvalue weighted by Gasteiger charge is 2.29. The third-order valence-electron chi connectivity index (χ3n) is 3.31. The van der Waals surface area contributed by atoms with Gasteiger partial charge in [0.2, 0.25) is 0 Å². The summed E-state index contributed by atoms with van der Waals surface area (Å²) in [7, 11) is 0. The van der Waals surface area contributed by atoms with Gasteiger partial charge in [-0.25, -0.2) is 14.4 Å². The highest BCUT2D eigenvalue weighted by atomic mass is 16.7. The van der Waals surface area contributed by atoms with E-state index in [0.29, 0.717) is 5.56 Å². The molecule has 1 N–H and O–H groups in total. The molecule has 8 nitrogen and oxygen atoms in total. The number of esters is 1. The van der Waals surface area contributed by atoms with Gasteiger partial charge in [-0.2, -0.15) is 0 Å². The zero-order valence-corrected chi connectivity index (χ0v) is 20.0. The van der Waals surface area contributed by atoms with Crippen molar-refractivity contribution in [1.29, 1.82) is 0 Å². The molecule has 0 spiro atoms. The molecule has 31 heavy (non-hydrogen) atoms. The molecule has 1 atom stereocenters. The molecule has 1 aromatic rings. The van der Waals surface area contributed by atoms with Crippen LogP contribution in [0.2, 0.25) is 0 Å². The Bertz CT molecular complexity index is 782. The van der Waals surface area contributed by atoms with E-state index >= 15 is 0 Å². The number of hydrogen-bond acceptors (Lipinski definition) is 7. The van der Waals surface area contributed by atoms with Crippen LogP contribution >= 0.6 is 0 Å². The SMILES string of the molecule is CC(C)(C)OC(=O)NC(Cc1cccc(OC(=O)OC(C)(C)C)c1)C(=O)OC(C)(C)C. The molecule has 1 amide bonds. The van der Waals surface area contributed by atoms with Gasteiger partial charge in [-0.15, -0.1) is 0 Å². The zero-order chi connectivity index (χ0) is 24.0. The van der Waals surface area contributed by atoms with E-state index in [-0.39, 0.29) is 12.2 Å². The average molecular weight is 438 g/mol. The van der Waals surface area contributed by atoms with Gasteiger partial charge >= 0.3 is 18.2 Å². The molecule has 0 aliphatic heterocycles. The Labute approximate surface area is 184 Å². The van der Waals surface area contributed by atoms with Gasteiger partial charge in [0, 0.05) is 6.42 Å². The molecule has 0 bridgehead atoms. The van der Waals surface area contributed by atoms with Crippen LogP contribution in [-0.2, 0) is 25.4 Å². The number of benzene rings is 1. The van der Waals surface area contributed by atoms with Gasteiger partial charge in [0.05, 0.1) is 0 Å². The lowest BCUT2D eigenvalue weighted by Crippen LogP contribution is -2.47. The van der Waals surface area contributed by atoms with E-state index in [1.807, 2.05) is 0 Å². The molecule has 0 saturated heterocycles. The minimum atomic E-state index is -0.995. The van der Waals surface area contributed by atoms with Crippen LogP contribution in [0.25, 0.3) is 0 Å². The topological polar surface area (TPSA) is 100 Å². The van der Waals surface area contributed by atoms with E-state index < -0.39 is 41.1 Å². The van der Waals surface area contributed by atoms with E-state index in [1.165, 1.54) is 0 Å². The standard InChI is InChI=1S/C23H35NO7/c1-21(2,3)29-18(25)17(24-19(26)30-22(4,5)6)14-15-11-10-12-16(13-15)28-20(27)31-23(7,8)9/h10-13,17H,14H2,1-9H3,(H,24,26). The molecule has 0 aliphatic carbocycles. The molecular formula is C23H35NO7. The van der Waals surface area contributed by atoms with E-state index in [1.54, 1.807) is 86.6 Å². The summed E-state index contributed by atoms with van der Waals surface area (Å²) >= 11 is 0. The van der Waals surface area contributed by atoms with Crippen molar-refractivity contribution < 1.29 is 33.3 Å². The van der Waals surface area contributed by atoms with Crippen molar-refractivity contribution in [3.63, 3.8) is 0 Å². The smallest absolute Gasteiger partial charge is 0.458 e. The van der Waals surface area contributed by atoms with Crippen LogP contribution < -0.4 is 10.1 Å². The molecular weight excluding hydrogens is 402 g/mol. The average Bonchev–Trinajstić information content (AvgIpc) is 2.49. The van der Waals surface area contributed by atoms with E-state index in [0.717, 1.165) is 0 Å². The monoisotopic (exact) mass is 437 g/mol. The second-order valence-electron chi connectivity index (χ2n) is 10.2. The van der Waals surface area contributed by atoms with Gasteiger partial charge in [0.15, 0.2) is 0 Å². The lowest BCUT2D eigenvalue weighted by Gasteiger charge is -2.26. The molecule has 0 aromatic heterocycles. The van der Waals surface area contributed by atoms with Crippen molar-refractivity contribution >= 4 is 18.2 Å². The second kappa shape index (κ2) is 10.0. The largest absolute Gasteiger partial charge is 0.514 e. The molecule has 0 fully saturated rings. The molecule has 1 unspecified atom stereocenters. The Morgan fingerprint density at radius 1 is 0.839 bits per heavy atom. The molecule has 1 aromatic carbocycles. The number of alkyl carbamates (subject to hydrolysis) is 1. The molecule has 0 saturated carbocycles. The first-order valence-corrected chi connectivity index (χ1v) is 10.2. The number of carbonyl (C=O) groups excluding carboxylic acids is 3. The van der Waals surface area contributed by atoms with Crippen LogP contribution in [0.5, 0.6) is 5.75 Å². The number of carbonyl (C=O) groups is 3. The van der Waals surface area contributed by atoms with Crippen LogP contribution in [0.4, 0.5) is 9.59 Å². The third-order valence-corrected chi connectivity index (χ3v) is 3.31. The van der Waals surface area contributed by atoms with Gasteiger partial charge in [-0.3, -0.25) is 0 Å². The minimum absolute atomic E-state index is 0.111. The van der Waals surface area contributed by atoms with Gasteiger partial charge in [0.1, 0.15) is 28.6 Å². The zero-order valence-electron chi connectivity index (χ0n) is 20.0. The predicted octanol–water partition coefficient (Wildman–Crippen LogP) is 4.78. The van der Waals surface area contributed by atoms with Gasteiger partial charge in [-0.1, -0.05) is 12.1 Å². The van der Waals surface area contributed by atoms with Crippen LogP contribution in [0.1, 0.15) is 67.9 Å². The van der Waals surface area contributed by atoms with Gasteiger partial charge in [-0.05, 0) is 80.0 Å². The number of nitrogens with one attached hydrogen (secondary N) is 1. The van der Waals surface area contributed by atoms with Gasteiger partial charge in [0.25, 0.3) is 0 Å². The summed E-state index contributed by atoms with van der Waals surface area (Å²) in [5, 5.41) is 2.57. The van der Waals surface area contributed by atoms with E-state index in [2.05, 4.69) is 5.32 Å². The molecule has 8 heteroatoms. The fourth-order valence-electron chi connectivity index (χ4n) is 2.35. The van der Waals surface area contributed by atoms with Crippen LogP contribution in [0.15, 0.2) is 24.3 Å². The van der Waals surface area contributed by atoms with Crippen LogP contribution in [-0.4, -0.2) is 41.1 Å². The molecule has 0 aliphatic rings. The summed E-state index contributed by atoms with van der Waals surface area (Å²) in [4.78, 5) is 36.8. The number of ether oxygens (including phenoxy) is 4.